The smallest absolute Gasteiger partial charge is 0.307 e. The molecule has 1 unspecified atom stereocenters. The number of aromatic nitrogens is 1. The van der Waals surface area contributed by atoms with Crippen molar-refractivity contribution in [2.45, 2.75) is 32.4 Å². The van der Waals surface area contributed by atoms with E-state index in [0.29, 0.717) is 18.4 Å². The number of fused-ring (bicyclic) bond motifs is 1. The fourth-order valence-corrected chi connectivity index (χ4v) is 3.47. The molecule has 1 aromatic heterocycles. The quantitative estimate of drug-likeness (QED) is 0.945. The second-order valence-corrected chi connectivity index (χ2v) is 6.02. The summed E-state index contributed by atoms with van der Waals surface area (Å²) in [5.41, 5.74) is 2.31. The van der Waals surface area contributed by atoms with Crippen LogP contribution in [-0.4, -0.2) is 10.5 Å². The fourth-order valence-electron chi connectivity index (χ4n) is 2.74. The van der Waals surface area contributed by atoms with Crippen molar-refractivity contribution in [2.75, 3.05) is 0 Å². The molecule has 3 rings (SSSR count). The first-order valence-electron chi connectivity index (χ1n) is 6.78. The number of hydrogen-bond donors (Lipinski definition) is 1. The first-order valence-corrected chi connectivity index (χ1v) is 7.66. The summed E-state index contributed by atoms with van der Waals surface area (Å²) in [6.07, 6.45) is 1.32. The van der Waals surface area contributed by atoms with Crippen LogP contribution >= 0.6 is 11.3 Å². The largest absolute Gasteiger partial charge is 0.348 e. The number of carbonyl (C=O) groups excluding carboxylic acids is 1. The van der Waals surface area contributed by atoms with Crippen LogP contribution in [0.5, 0.6) is 0 Å². The Kier molecular flexibility index (Phi) is 3.63. The normalized spacial score (nSPS) is 16.8. The predicted octanol–water partition coefficient (Wildman–Crippen LogP) is 2.16. The van der Waals surface area contributed by atoms with Gasteiger partial charge in [0.1, 0.15) is 12.4 Å². The highest BCUT2D eigenvalue weighted by Crippen LogP contribution is 2.32. The zero-order valence-corrected chi connectivity index (χ0v) is 12.4. The third-order valence-corrected chi connectivity index (χ3v) is 4.71. The Morgan fingerprint density at radius 3 is 3.05 bits per heavy atom. The summed E-state index contributed by atoms with van der Waals surface area (Å²) in [4.78, 5) is 23.6. The second kappa shape index (κ2) is 5.44. The molecule has 0 fully saturated rings. The molecule has 1 amide bonds. The van der Waals surface area contributed by atoms with Crippen LogP contribution in [0.2, 0.25) is 0 Å². The van der Waals surface area contributed by atoms with Gasteiger partial charge < -0.3 is 5.32 Å². The second-order valence-electron chi connectivity index (χ2n) is 5.20. The molecule has 0 aliphatic heterocycles. The number of benzene rings is 1. The van der Waals surface area contributed by atoms with Crippen molar-refractivity contribution in [2.24, 2.45) is 0 Å². The van der Waals surface area contributed by atoms with Gasteiger partial charge in [-0.05, 0) is 37.0 Å². The Hall–Kier alpha value is -1.95. The molecule has 1 aliphatic carbocycles. The Labute approximate surface area is 125 Å². The number of hydrogen-bond acceptors (Lipinski definition) is 3. The van der Waals surface area contributed by atoms with Crippen LogP contribution in [0.3, 0.4) is 0 Å². The van der Waals surface area contributed by atoms with E-state index in [1.807, 2.05) is 6.07 Å². The summed E-state index contributed by atoms with van der Waals surface area (Å²) >= 11 is 1.08. The maximum Gasteiger partial charge on any atom is 0.307 e. The van der Waals surface area contributed by atoms with Gasteiger partial charge in [0, 0.05) is 11.1 Å². The highest BCUT2D eigenvalue weighted by atomic mass is 32.1. The van der Waals surface area contributed by atoms with Crippen LogP contribution in [0.4, 0.5) is 4.39 Å². The molecule has 1 heterocycles. The average Bonchev–Trinajstić information content (AvgIpc) is 2.99. The summed E-state index contributed by atoms with van der Waals surface area (Å²) in [6.45, 7) is 1.81. The van der Waals surface area contributed by atoms with Gasteiger partial charge in [-0.1, -0.05) is 23.5 Å². The molecule has 1 aliphatic rings. The van der Waals surface area contributed by atoms with Crippen molar-refractivity contribution in [3.05, 3.63) is 55.9 Å². The summed E-state index contributed by atoms with van der Waals surface area (Å²) in [6, 6.07) is 4.78. The van der Waals surface area contributed by atoms with Crippen molar-refractivity contribution < 1.29 is 9.18 Å². The predicted molar refractivity (Wildman–Crippen MR) is 78.9 cm³/mol. The number of thiazole rings is 1. The zero-order valence-electron chi connectivity index (χ0n) is 11.6. The van der Waals surface area contributed by atoms with E-state index in [0.717, 1.165) is 22.6 Å². The number of nitrogens with one attached hydrogen (secondary N) is 1. The lowest BCUT2D eigenvalue weighted by atomic mass is 10.1. The lowest BCUT2D eigenvalue weighted by Gasteiger charge is -2.14. The minimum atomic E-state index is -0.222. The van der Waals surface area contributed by atoms with Crippen LogP contribution in [0.1, 0.15) is 29.3 Å². The Morgan fingerprint density at radius 2 is 2.33 bits per heavy atom. The van der Waals surface area contributed by atoms with E-state index in [2.05, 4.69) is 5.32 Å². The Balaban J connectivity index is 1.73. The van der Waals surface area contributed by atoms with Crippen LogP contribution < -0.4 is 10.2 Å². The van der Waals surface area contributed by atoms with Crippen LogP contribution in [0.25, 0.3) is 0 Å². The molecule has 0 spiro atoms. The van der Waals surface area contributed by atoms with Gasteiger partial charge in [0.15, 0.2) is 0 Å². The number of halogens is 1. The van der Waals surface area contributed by atoms with Crippen molar-refractivity contribution in [1.29, 1.82) is 0 Å². The minimum absolute atomic E-state index is 0.00924. The first-order chi connectivity index (χ1) is 10.1. The van der Waals surface area contributed by atoms with Gasteiger partial charge in [-0.2, -0.15) is 0 Å². The number of rotatable bonds is 3. The van der Waals surface area contributed by atoms with Gasteiger partial charge in [0.25, 0.3) is 0 Å². The molecule has 6 heteroatoms. The Bertz CT molecular complexity index is 750. The van der Waals surface area contributed by atoms with E-state index in [4.69, 9.17) is 0 Å². The van der Waals surface area contributed by atoms with Crippen molar-refractivity contribution in [3.63, 3.8) is 0 Å². The molecule has 0 radical (unpaired) electrons. The molecular weight excluding hydrogens is 291 g/mol. The maximum atomic E-state index is 13.7. The van der Waals surface area contributed by atoms with Crippen molar-refractivity contribution >= 4 is 17.2 Å². The summed E-state index contributed by atoms with van der Waals surface area (Å²) in [5, 5.41) is 4.63. The van der Waals surface area contributed by atoms with Crippen LogP contribution in [0, 0.1) is 12.7 Å². The molecule has 0 saturated heterocycles. The third kappa shape index (κ3) is 2.63. The standard InChI is InChI=1S/C15H15FN2O2S/c1-9-8-21-15(20)18(9)7-14(19)17-13-6-5-10-11(13)3-2-4-12(10)16/h2-4,8,13H,5-7H2,1H3,(H,17,19). The van der Waals surface area contributed by atoms with E-state index < -0.39 is 0 Å². The van der Waals surface area contributed by atoms with E-state index in [-0.39, 0.29) is 29.2 Å². The highest BCUT2D eigenvalue weighted by Gasteiger charge is 2.26. The minimum Gasteiger partial charge on any atom is -0.348 e. The fraction of sp³-hybridized carbons (Fsp3) is 0.333. The van der Waals surface area contributed by atoms with Crippen molar-refractivity contribution in [3.8, 4) is 0 Å². The Morgan fingerprint density at radius 1 is 1.52 bits per heavy atom. The molecule has 4 nitrogen and oxygen atoms in total. The van der Waals surface area contributed by atoms with Crippen LogP contribution in [0.15, 0.2) is 28.4 Å². The van der Waals surface area contributed by atoms with E-state index in [9.17, 15) is 14.0 Å². The third-order valence-electron chi connectivity index (χ3n) is 3.83. The van der Waals surface area contributed by atoms with Crippen molar-refractivity contribution in [1.82, 2.24) is 9.88 Å². The molecule has 0 bridgehead atoms. The maximum absolute atomic E-state index is 13.7. The molecular formula is C15H15FN2O2S. The van der Waals surface area contributed by atoms with E-state index >= 15 is 0 Å². The number of amides is 1. The zero-order chi connectivity index (χ0) is 15.0. The molecule has 0 saturated carbocycles. The molecule has 1 atom stereocenters. The number of aryl methyl sites for hydroxylation is 1. The van der Waals surface area contributed by atoms with E-state index in [1.165, 1.54) is 10.6 Å². The van der Waals surface area contributed by atoms with E-state index in [1.54, 1.807) is 18.4 Å². The number of nitrogens with zero attached hydrogens (tertiary/aromatic N) is 1. The topological polar surface area (TPSA) is 51.1 Å². The van der Waals surface area contributed by atoms with Gasteiger partial charge in [-0.25, -0.2) is 4.39 Å². The molecule has 1 aromatic carbocycles. The summed E-state index contributed by atoms with van der Waals surface area (Å²) in [5.74, 6) is -0.435. The summed E-state index contributed by atoms with van der Waals surface area (Å²) in [7, 11) is 0. The lowest BCUT2D eigenvalue weighted by molar-refractivity contribution is -0.122. The van der Waals surface area contributed by atoms with Crippen LogP contribution in [-0.2, 0) is 17.8 Å². The number of carbonyl (C=O) groups is 1. The van der Waals surface area contributed by atoms with Gasteiger partial charge >= 0.3 is 4.87 Å². The summed E-state index contributed by atoms with van der Waals surface area (Å²) < 4.78 is 15.1. The van der Waals surface area contributed by atoms with Gasteiger partial charge in [0.2, 0.25) is 5.91 Å². The van der Waals surface area contributed by atoms with Gasteiger partial charge in [-0.3, -0.25) is 14.2 Å². The monoisotopic (exact) mass is 306 g/mol. The lowest BCUT2D eigenvalue weighted by Crippen LogP contribution is -2.33. The molecule has 110 valence electrons. The highest BCUT2D eigenvalue weighted by molar-refractivity contribution is 7.07. The van der Waals surface area contributed by atoms with Gasteiger partial charge in [-0.15, -0.1) is 0 Å². The SMILES string of the molecule is Cc1csc(=O)n1CC(=O)NC1CCc2c(F)cccc21. The first kappa shape index (κ1) is 14.0. The molecule has 2 aromatic rings. The molecule has 21 heavy (non-hydrogen) atoms. The van der Waals surface area contributed by atoms with Gasteiger partial charge in [0.05, 0.1) is 6.04 Å². The molecule has 1 N–H and O–H groups in total. The average molecular weight is 306 g/mol.